The average Bonchev–Trinajstić information content (AvgIpc) is 2.33. The maximum atomic E-state index is 12.5. The summed E-state index contributed by atoms with van der Waals surface area (Å²) in [5.74, 6) is -0.301. The van der Waals surface area contributed by atoms with Crippen LogP contribution in [0.5, 0.6) is 0 Å². The fraction of sp³-hybridized carbons (Fsp3) is 0.562. The van der Waals surface area contributed by atoms with E-state index in [9.17, 15) is 9.59 Å². The number of carbonyl (C=O) groups excluding carboxylic acids is 2. The lowest BCUT2D eigenvalue weighted by molar-refractivity contribution is -0.120. The molecular formula is C16H25N3O3. The number of carbonyl (C=O) groups is 2. The second-order valence-corrected chi connectivity index (χ2v) is 7.17. The number of nitrogens with one attached hydrogen (secondary N) is 2. The Bertz CT molecular complexity index is 516. The molecule has 0 aliphatic heterocycles. The Morgan fingerprint density at radius 1 is 1.09 bits per heavy atom. The highest BCUT2D eigenvalue weighted by Gasteiger charge is 2.34. The summed E-state index contributed by atoms with van der Waals surface area (Å²) >= 11 is 0. The lowest BCUT2D eigenvalue weighted by Crippen LogP contribution is -2.52. The molecule has 1 aromatic rings. The molecule has 0 aliphatic rings. The Kier molecular flexibility index (Phi) is 5.52. The summed E-state index contributed by atoms with van der Waals surface area (Å²) < 4.78 is 5.22. The number of hydrogen-bond acceptors (Lipinski definition) is 4. The summed E-state index contributed by atoms with van der Waals surface area (Å²) in [7, 11) is 0. The first kappa shape index (κ1) is 17.9. The molecule has 122 valence electrons. The van der Waals surface area contributed by atoms with E-state index in [1.54, 1.807) is 45.3 Å². The van der Waals surface area contributed by atoms with Crippen LogP contribution < -0.4 is 10.6 Å². The normalized spacial score (nSPS) is 13.2. The van der Waals surface area contributed by atoms with Crippen molar-refractivity contribution in [3.63, 3.8) is 0 Å². The topological polar surface area (TPSA) is 80.3 Å². The molecule has 0 saturated heterocycles. The molecule has 0 aliphatic carbocycles. The minimum absolute atomic E-state index is 0.301. The predicted molar refractivity (Wildman–Crippen MR) is 85.5 cm³/mol. The van der Waals surface area contributed by atoms with Gasteiger partial charge in [0.05, 0.1) is 0 Å². The van der Waals surface area contributed by atoms with Crippen LogP contribution in [-0.4, -0.2) is 28.6 Å². The van der Waals surface area contributed by atoms with Gasteiger partial charge in [0.25, 0.3) is 0 Å². The zero-order valence-electron chi connectivity index (χ0n) is 14.1. The van der Waals surface area contributed by atoms with E-state index in [1.807, 2.05) is 20.8 Å². The van der Waals surface area contributed by atoms with E-state index in [1.165, 1.54) is 0 Å². The highest BCUT2D eigenvalue weighted by Crippen LogP contribution is 2.21. The van der Waals surface area contributed by atoms with E-state index < -0.39 is 23.2 Å². The van der Waals surface area contributed by atoms with Crippen LogP contribution in [0.4, 0.5) is 10.5 Å². The average molecular weight is 307 g/mol. The van der Waals surface area contributed by atoms with E-state index in [0.29, 0.717) is 5.69 Å². The molecular weight excluding hydrogens is 282 g/mol. The first-order valence-corrected chi connectivity index (χ1v) is 7.19. The van der Waals surface area contributed by atoms with Crippen molar-refractivity contribution in [1.82, 2.24) is 10.3 Å². The SMILES string of the molecule is CC(C)(C)OC(=O)NC(C(=O)Nc1ccncc1)C(C)(C)C. The van der Waals surface area contributed by atoms with Gasteiger partial charge in [-0.3, -0.25) is 9.78 Å². The number of rotatable bonds is 3. The summed E-state index contributed by atoms with van der Waals surface area (Å²) in [6, 6.07) is 2.64. The van der Waals surface area contributed by atoms with Gasteiger partial charge in [-0.1, -0.05) is 20.8 Å². The number of ether oxygens (including phenoxy) is 1. The largest absolute Gasteiger partial charge is 0.444 e. The summed E-state index contributed by atoms with van der Waals surface area (Å²) in [6.07, 6.45) is 2.56. The highest BCUT2D eigenvalue weighted by atomic mass is 16.6. The molecule has 0 bridgehead atoms. The van der Waals surface area contributed by atoms with Crippen LogP contribution in [0.2, 0.25) is 0 Å². The molecule has 6 heteroatoms. The molecule has 22 heavy (non-hydrogen) atoms. The number of alkyl carbamates (subject to hydrolysis) is 1. The fourth-order valence-corrected chi connectivity index (χ4v) is 1.75. The number of amides is 2. The fourth-order valence-electron chi connectivity index (χ4n) is 1.75. The highest BCUT2D eigenvalue weighted by molar-refractivity contribution is 5.97. The molecule has 1 heterocycles. The van der Waals surface area contributed by atoms with E-state index in [0.717, 1.165) is 0 Å². The quantitative estimate of drug-likeness (QED) is 0.899. The molecule has 0 spiro atoms. The van der Waals surface area contributed by atoms with Crippen molar-refractivity contribution in [3.8, 4) is 0 Å². The molecule has 0 aromatic carbocycles. The number of hydrogen-bond donors (Lipinski definition) is 2. The lowest BCUT2D eigenvalue weighted by Gasteiger charge is -2.31. The second-order valence-electron chi connectivity index (χ2n) is 7.17. The Labute approximate surface area is 131 Å². The van der Waals surface area contributed by atoms with Crippen molar-refractivity contribution in [1.29, 1.82) is 0 Å². The first-order chi connectivity index (χ1) is 9.99. The van der Waals surface area contributed by atoms with Crippen molar-refractivity contribution in [3.05, 3.63) is 24.5 Å². The van der Waals surface area contributed by atoms with Crippen LogP contribution >= 0.6 is 0 Å². The molecule has 2 N–H and O–H groups in total. The van der Waals surface area contributed by atoms with Gasteiger partial charge >= 0.3 is 6.09 Å². The Balaban J connectivity index is 2.81. The van der Waals surface area contributed by atoms with Gasteiger partial charge in [-0.15, -0.1) is 0 Å². The van der Waals surface area contributed by atoms with Crippen LogP contribution in [0.3, 0.4) is 0 Å². The van der Waals surface area contributed by atoms with Crippen molar-refractivity contribution < 1.29 is 14.3 Å². The van der Waals surface area contributed by atoms with Gasteiger partial charge in [0.15, 0.2) is 0 Å². The van der Waals surface area contributed by atoms with Gasteiger partial charge in [-0.25, -0.2) is 4.79 Å². The van der Waals surface area contributed by atoms with Crippen LogP contribution in [-0.2, 0) is 9.53 Å². The van der Waals surface area contributed by atoms with Gasteiger partial charge in [0.2, 0.25) is 5.91 Å². The van der Waals surface area contributed by atoms with Gasteiger partial charge in [-0.05, 0) is 38.3 Å². The Hall–Kier alpha value is -2.11. The van der Waals surface area contributed by atoms with Gasteiger partial charge in [-0.2, -0.15) is 0 Å². The molecule has 1 rings (SSSR count). The smallest absolute Gasteiger partial charge is 0.408 e. The molecule has 2 amide bonds. The van der Waals surface area contributed by atoms with Crippen LogP contribution in [0, 0.1) is 5.41 Å². The molecule has 6 nitrogen and oxygen atoms in total. The number of pyridine rings is 1. The Morgan fingerprint density at radius 2 is 1.64 bits per heavy atom. The second kappa shape index (κ2) is 6.77. The molecule has 1 atom stereocenters. The summed E-state index contributed by atoms with van der Waals surface area (Å²) in [5.41, 5.74) is -0.456. The maximum absolute atomic E-state index is 12.5. The zero-order chi connectivity index (χ0) is 17.0. The minimum atomic E-state index is -0.726. The first-order valence-electron chi connectivity index (χ1n) is 7.19. The monoisotopic (exact) mass is 307 g/mol. The molecule has 0 fully saturated rings. The minimum Gasteiger partial charge on any atom is -0.444 e. The predicted octanol–water partition coefficient (Wildman–Crippen LogP) is 2.96. The van der Waals surface area contributed by atoms with Gasteiger partial charge in [0, 0.05) is 18.1 Å². The third-order valence-corrected chi connectivity index (χ3v) is 2.74. The van der Waals surface area contributed by atoms with Gasteiger partial charge in [0.1, 0.15) is 11.6 Å². The van der Waals surface area contributed by atoms with Crippen molar-refractivity contribution in [2.24, 2.45) is 5.41 Å². The maximum Gasteiger partial charge on any atom is 0.408 e. The van der Waals surface area contributed by atoms with Crippen molar-refractivity contribution in [2.75, 3.05) is 5.32 Å². The Morgan fingerprint density at radius 3 is 2.09 bits per heavy atom. The molecule has 0 saturated carbocycles. The van der Waals surface area contributed by atoms with Gasteiger partial charge < -0.3 is 15.4 Å². The van der Waals surface area contributed by atoms with Crippen molar-refractivity contribution >= 4 is 17.7 Å². The van der Waals surface area contributed by atoms with Crippen molar-refractivity contribution in [2.45, 2.75) is 53.2 Å². The zero-order valence-corrected chi connectivity index (χ0v) is 14.1. The summed E-state index contributed by atoms with van der Waals surface area (Å²) in [6.45, 7) is 10.9. The van der Waals surface area contributed by atoms with Crippen LogP contribution in [0.1, 0.15) is 41.5 Å². The summed E-state index contributed by atoms with van der Waals surface area (Å²) in [4.78, 5) is 28.3. The van der Waals surface area contributed by atoms with E-state index in [2.05, 4.69) is 15.6 Å². The molecule has 1 aromatic heterocycles. The van der Waals surface area contributed by atoms with E-state index in [4.69, 9.17) is 4.74 Å². The van der Waals surface area contributed by atoms with Crippen LogP contribution in [0.25, 0.3) is 0 Å². The standard InChI is InChI=1S/C16H25N3O3/c1-15(2,3)12(19-14(21)22-16(4,5)6)13(20)18-11-7-9-17-10-8-11/h7-10,12H,1-6H3,(H,19,21)(H,17,18,20). The van der Waals surface area contributed by atoms with E-state index in [-0.39, 0.29) is 5.91 Å². The third-order valence-electron chi connectivity index (χ3n) is 2.74. The third kappa shape index (κ3) is 6.11. The number of nitrogens with zero attached hydrogens (tertiary/aromatic N) is 1. The molecule has 1 unspecified atom stereocenters. The molecule has 0 radical (unpaired) electrons. The number of aromatic nitrogens is 1. The number of anilines is 1. The van der Waals surface area contributed by atoms with Crippen LogP contribution in [0.15, 0.2) is 24.5 Å². The lowest BCUT2D eigenvalue weighted by atomic mass is 9.86. The van der Waals surface area contributed by atoms with E-state index >= 15 is 0 Å². The summed E-state index contributed by atoms with van der Waals surface area (Å²) in [5, 5.41) is 5.41.